The molecular weight excluding hydrogens is 372 g/mol. The largest absolute Gasteiger partial charge is 0.398 e. The van der Waals surface area contributed by atoms with E-state index in [9.17, 15) is 4.79 Å². The first-order valence-corrected chi connectivity index (χ1v) is 7.18. The van der Waals surface area contributed by atoms with Crippen LogP contribution in [0.3, 0.4) is 0 Å². The van der Waals surface area contributed by atoms with Crippen molar-refractivity contribution >= 4 is 54.7 Å². The number of halogens is 2. The third-order valence-electron chi connectivity index (χ3n) is 2.64. The van der Waals surface area contributed by atoms with E-state index in [4.69, 9.17) is 5.73 Å². The molecule has 0 atom stereocenters. The Balaban J connectivity index is 2.31. The highest BCUT2D eigenvalue weighted by Gasteiger charge is 2.06. The number of Topliss-reactive ketones (excluding diaryl/α,β-unsaturated/α-hetero) is 1. The predicted molar refractivity (Wildman–Crippen MR) is 86.0 cm³/mol. The van der Waals surface area contributed by atoms with Gasteiger partial charge >= 0.3 is 0 Å². The first-order chi connectivity index (χ1) is 8.97. The highest BCUT2D eigenvalue weighted by atomic mass is 79.9. The highest BCUT2D eigenvalue weighted by Crippen LogP contribution is 2.30. The summed E-state index contributed by atoms with van der Waals surface area (Å²) in [5.74, 6) is -0.0345. The maximum atomic E-state index is 11.3. The maximum Gasteiger partial charge on any atom is 0.161 e. The summed E-state index contributed by atoms with van der Waals surface area (Å²) in [7, 11) is 0. The smallest absolute Gasteiger partial charge is 0.161 e. The number of nitrogens with two attached hydrogens (primary N) is 1. The average molecular weight is 384 g/mol. The van der Waals surface area contributed by atoms with E-state index in [1.807, 2.05) is 24.3 Å². The van der Waals surface area contributed by atoms with Gasteiger partial charge in [-0.2, -0.15) is 0 Å². The maximum absolute atomic E-state index is 11.3. The molecule has 2 aromatic carbocycles. The Bertz CT molecular complexity index is 641. The lowest BCUT2D eigenvalue weighted by atomic mass is 10.1. The van der Waals surface area contributed by atoms with Gasteiger partial charge in [0.1, 0.15) is 0 Å². The Kier molecular flexibility index (Phi) is 4.27. The zero-order valence-corrected chi connectivity index (χ0v) is 13.4. The van der Waals surface area contributed by atoms with Gasteiger partial charge in [0.05, 0.1) is 5.69 Å². The summed E-state index contributed by atoms with van der Waals surface area (Å²) in [5.41, 5.74) is 8.63. The van der Waals surface area contributed by atoms with Crippen LogP contribution in [0.1, 0.15) is 17.3 Å². The highest BCUT2D eigenvalue weighted by molar-refractivity contribution is 9.11. The van der Waals surface area contributed by atoms with Gasteiger partial charge in [-0.25, -0.2) is 0 Å². The van der Waals surface area contributed by atoms with Gasteiger partial charge in [-0.15, -0.1) is 0 Å². The molecule has 0 fully saturated rings. The standard InChI is InChI=1S/C14H12Br2N2O/c1-8(19)11-4-3-10(7-13(11)17)18-14-6-9(15)2-5-12(14)16/h2-7,18H,17H2,1H3. The number of ketones is 1. The molecule has 0 heterocycles. The van der Waals surface area contributed by atoms with Gasteiger partial charge in [-0.1, -0.05) is 15.9 Å². The summed E-state index contributed by atoms with van der Waals surface area (Å²) in [6.07, 6.45) is 0. The Labute approximate surface area is 128 Å². The van der Waals surface area contributed by atoms with Crippen molar-refractivity contribution in [3.05, 3.63) is 50.9 Å². The summed E-state index contributed by atoms with van der Waals surface area (Å²) in [6.45, 7) is 1.50. The molecule has 19 heavy (non-hydrogen) atoms. The average Bonchev–Trinajstić information content (AvgIpc) is 2.33. The van der Waals surface area contributed by atoms with E-state index in [2.05, 4.69) is 37.2 Å². The van der Waals surface area contributed by atoms with E-state index >= 15 is 0 Å². The molecule has 0 spiro atoms. The molecule has 0 bridgehead atoms. The molecule has 5 heteroatoms. The fourth-order valence-corrected chi connectivity index (χ4v) is 2.42. The van der Waals surface area contributed by atoms with Crippen LogP contribution in [0.15, 0.2) is 45.3 Å². The lowest BCUT2D eigenvalue weighted by Gasteiger charge is -2.11. The normalized spacial score (nSPS) is 10.3. The summed E-state index contributed by atoms with van der Waals surface area (Å²) in [5, 5.41) is 3.25. The van der Waals surface area contributed by atoms with Crippen molar-refractivity contribution in [1.29, 1.82) is 0 Å². The number of anilines is 3. The first-order valence-electron chi connectivity index (χ1n) is 5.60. The third kappa shape index (κ3) is 3.36. The van der Waals surface area contributed by atoms with Gasteiger partial charge in [0.25, 0.3) is 0 Å². The van der Waals surface area contributed by atoms with Crippen LogP contribution in [0.4, 0.5) is 17.1 Å². The molecule has 0 saturated carbocycles. The minimum Gasteiger partial charge on any atom is -0.398 e. The summed E-state index contributed by atoms with van der Waals surface area (Å²) in [6, 6.07) is 11.2. The topological polar surface area (TPSA) is 55.1 Å². The van der Waals surface area contributed by atoms with Crippen molar-refractivity contribution in [2.24, 2.45) is 0 Å². The predicted octanol–water partition coefficient (Wildman–Crippen LogP) is 4.74. The lowest BCUT2D eigenvalue weighted by molar-refractivity contribution is 0.101. The van der Waals surface area contributed by atoms with Crippen LogP contribution >= 0.6 is 31.9 Å². The Morgan fingerprint density at radius 2 is 1.89 bits per heavy atom. The fourth-order valence-electron chi connectivity index (χ4n) is 1.71. The van der Waals surface area contributed by atoms with Crippen molar-refractivity contribution < 1.29 is 4.79 Å². The van der Waals surface area contributed by atoms with E-state index in [-0.39, 0.29) is 5.78 Å². The SMILES string of the molecule is CC(=O)c1ccc(Nc2cc(Br)ccc2Br)cc1N. The number of nitrogens with one attached hydrogen (secondary N) is 1. The van der Waals surface area contributed by atoms with Crippen LogP contribution in [0.5, 0.6) is 0 Å². The van der Waals surface area contributed by atoms with Crippen molar-refractivity contribution in [3.8, 4) is 0 Å². The van der Waals surface area contributed by atoms with Crippen LogP contribution in [0.25, 0.3) is 0 Å². The molecule has 0 saturated heterocycles. The minimum absolute atomic E-state index is 0.0345. The van der Waals surface area contributed by atoms with E-state index in [0.29, 0.717) is 11.3 Å². The molecule has 2 rings (SSSR count). The summed E-state index contributed by atoms with van der Waals surface area (Å²) < 4.78 is 1.93. The second-order valence-electron chi connectivity index (χ2n) is 4.11. The molecule has 98 valence electrons. The third-order valence-corrected chi connectivity index (χ3v) is 3.82. The van der Waals surface area contributed by atoms with E-state index in [1.165, 1.54) is 6.92 Å². The van der Waals surface area contributed by atoms with E-state index in [1.54, 1.807) is 12.1 Å². The number of rotatable bonds is 3. The van der Waals surface area contributed by atoms with Crippen LogP contribution in [0.2, 0.25) is 0 Å². The number of benzene rings is 2. The monoisotopic (exact) mass is 382 g/mol. The van der Waals surface area contributed by atoms with Gasteiger partial charge in [0.15, 0.2) is 5.78 Å². The van der Waals surface area contributed by atoms with Gasteiger partial charge in [-0.05, 0) is 59.3 Å². The number of hydrogen-bond donors (Lipinski definition) is 2. The molecule has 0 aliphatic carbocycles. The van der Waals surface area contributed by atoms with Gasteiger partial charge in [0.2, 0.25) is 0 Å². The van der Waals surface area contributed by atoms with E-state index in [0.717, 1.165) is 20.3 Å². The molecule has 0 amide bonds. The van der Waals surface area contributed by atoms with Crippen LogP contribution in [-0.4, -0.2) is 5.78 Å². The molecular formula is C14H12Br2N2O. The van der Waals surface area contributed by atoms with Crippen molar-refractivity contribution in [3.63, 3.8) is 0 Å². The minimum atomic E-state index is -0.0345. The Morgan fingerprint density at radius 1 is 1.16 bits per heavy atom. The quantitative estimate of drug-likeness (QED) is 0.594. The lowest BCUT2D eigenvalue weighted by Crippen LogP contribution is -2.01. The first kappa shape index (κ1) is 14.1. The van der Waals surface area contributed by atoms with Crippen LogP contribution in [-0.2, 0) is 0 Å². The molecule has 0 unspecified atom stereocenters. The van der Waals surface area contributed by atoms with Crippen molar-refractivity contribution in [1.82, 2.24) is 0 Å². The van der Waals surface area contributed by atoms with Crippen LogP contribution in [0, 0.1) is 0 Å². The number of carbonyl (C=O) groups excluding carboxylic acids is 1. The van der Waals surface area contributed by atoms with E-state index < -0.39 is 0 Å². The number of carbonyl (C=O) groups is 1. The molecule has 0 radical (unpaired) electrons. The van der Waals surface area contributed by atoms with Crippen molar-refractivity contribution in [2.45, 2.75) is 6.92 Å². The Morgan fingerprint density at radius 3 is 2.53 bits per heavy atom. The number of nitrogen functional groups attached to an aromatic ring is 1. The van der Waals surface area contributed by atoms with Gasteiger partial charge in [-0.3, -0.25) is 4.79 Å². The fraction of sp³-hybridized carbons (Fsp3) is 0.0714. The van der Waals surface area contributed by atoms with Crippen molar-refractivity contribution in [2.75, 3.05) is 11.1 Å². The van der Waals surface area contributed by atoms with Gasteiger partial charge in [0, 0.05) is 25.9 Å². The molecule has 3 nitrogen and oxygen atoms in total. The molecule has 3 N–H and O–H groups in total. The zero-order valence-electron chi connectivity index (χ0n) is 10.2. The Hall–Kier alpha value is -1.33. The summed E-state index contributed by atoms with van der Waals surface area (Å²) >= 11 is 6.90. The molecule has 0 aromatic heterocycles. The van der Waals surface area contributed by atoms with Crippen LogP contribution < -0.4 is 11.1 Å². The molecule has 2 aromatic rings. The molecule has 0 aliphatic heterocycles. The number of hydrogen-bond acceptors (Lipinski definition) is 3. The van der Waals surface area contributed by atoms with Gasteiger partial charge < -0.3 is 11.1 Å². The second-order valence-corrected chi connectivity index (χ2v) is 5.88. The zero-order chi connectivity index (χ0) is 14.0. The molecule has 0 aliphatic rings. The summed E-state index contributed by atoms with van der Waals surface area (Å²) in [4.78, 5) is 11.3. The second kappa shape index (κ2) is 5.75.